The Balaban J connectivity index is 2.08. The quantitative estimate of drug-likeness (QED) is 0.919. The van der Waals surface area contributed by atoms with Crippen molar-refractivity contribution in [3.8, 4) is 5.75 Å². The van der Waals surface area contributed by atoms with Gasteiger partial charge in [-0.3, -0.25) is 4.79 Å². The van der Waals surface area contributed by atoms with Gasteiger partial charge in [0.1, 0.15) is 5.75 Å². The molecular formula is C16H23NO3. The van der Waals surface area contributed by atoms with Gasteiger partial charge < -0.3 is 14.7 Å². The van der Waals surface area contributed by atoms with Crippen LogP contribution in [0.2, 0.25) is 0 Å². The summed E-state index contributed by atoms with van der Waals surface area (Å²) in [5.74, 6) is 0.960. The van der Waals surface area contributed by atoms with Gasteiger partial charge in [-0.1, -0.05) is 6.07 Å². The van der Waals surface area contributed by atoms with Gasteiger partial charge in [0.15, 0.2) is 0 Å². The number of rotatable bonds is 4. The van der Waals surface area contributed by atoms with Crippen LogP contribution < -0.4 is 4.74 Å². The number of aliphatic hydroxyl groups excluding tert-OH is 1. The molecule has 1 amide bonds. The van der Waals surface area contributed by atoms with Gasteiger partial charge in [-0.25, -0.2) is 0 Å². The summed E-state index contributed by atoms with van der Waals surface area (Å²) in [4.78, 5) is 14.3. The van der Waals surface area contributed by atoms with E-state index in [0.717, 1.165) is 25.1 Å². The topological polar surface area (TPSA) is 49.8 Å². The average molecular weight is 277 g/mol. The van der Waals surface area contributed by atoms with Gasteiger partial charge in [0.2, 0.25) is 0 Å². The van der Waals surface area contributed by atoms with Gasteiger partial charge in [-0.05, 0) is 50.8 Å². The Morgan fingerprint density at radius 1 is 1.50 bits per heavy atom. The van der Waals surface area contributed by atoms with E-state index in [4.69, 9.17) is 4.74 Å². The van der Waals surface area contributed by atoms with Gasteiger partial charge in [0, 0.05) is 25.3 Å². The fourth-order valence-electron chi connectivity index (χ4n) is 2.56. The molecule has 1 unspecified atom stereocenters. The largest absolute Gasteiger partial charge is 0.491 e. The highest BCUT2D eigenvalue weighted by Crippen LogP contribution is 2.20. The number of benzene rings is 1. The van der Waals surface area contributed by atoms with Gasteiger partial charge in [0.25, 0.3) is 5.91 Å². The van der Waals surface area contributed by atoms with Crippen LogP contribution in [-0.4, -0.2) is 41.7 Å². The number of aliphatic hydroxyl groups is 1. The van der Waals surface area contributed by atoms with Crippen LogP contribution in [0.15, 0.2) is 24.3 Å². The van der Waals surface area contributed by atoms with Crippen molar-refractivity contribution in [1.82, 2.24) is 4.90 Å². The highest BCUT2D eigenvalue weighted by atomic mass is 16.5. The Labute approximate surface area is 120 Å². The number of hydrogen-bond acceptors (Lipinski definition) is 3. The molecule has 4 nitrogen and oxygen atoms in total. The first-order valence-electron chi connectivity index (χ1n) is 7.27. The average Bonchev–Trinajstić information content (AvgIpc) is 2.46. The van der Waals surface area contributed by atoms with Gasteiger partial charge >= 0.3 is 0 Å². The first kappa shape index (κ1) is 14.9. The Kier molecular flexibility index (Phi) is 5.01. The maximum absolute atomic E-state index is 12.5. The van der Waals surface area contributed by atoms with Crippen LogP contribution in [-0.2, 0) is 0 Å². The number of piperidine rings is 1. The van der Waals surface area contributed by atoms with E-state index < -0.39 is 0 Å². The van der Waals surface area contributed by atoms with E-state index in [1.165, 1.54) is 0 Å². The maximum atomic E-state index is 12.5. The third kappa shape index (κ3) is 3.73. The summed E-state index contributed by atoms with van der Waals surface area (Å²) < 4.78 is 5.62. The van der Waals surface area contributed by atoms with Gasteiger partial charge in [0.05, 0.1) is 6.10 Å². The molecule has 1 N–H and O–H groups in total. The predicted octanol–water partition coefficient (Wildman–Crippen LogP) is 2.32. The minimum absolute atomic E-state index is 0.0253. The van der Waals surface area contributed by atoms with Crippen LogP contribution in [0.5, 0.6) is 5.75 Å². The monoisotopic (exact) mass is 277 g/mol. The van der Waals surface area contributed by atoms with E-state index in [9.17, 15) is 9.90 Å². The van der Waals surface area contributed by atoms with E-state index in [0.29, 0.717) is 12.1 Å². The second-order valence-electron chi connectivity index (χ2n) is 5.64. The number of amides is 1. The molecule has 0 aliphatic carbocycles. The fourth-order valence-corrected chi connectivity index (χ4v) is 2.56. The zero-order chi connectivity index (χ0) is 14.5. The van der Waals surface area contributed by atoms with Gasteiger partial charge in [-0.2, -0.15) is 0 Å². The first-order valence-corrected chi connectivity index (χ1v) is 7.27. The first-order chi connectivity index (χ1) is 9.60. The third-order valence-electron chi connectivity index (χ3n) is 3.52. The van der Waals surface area contributed by atoms with E-state index in [-0.39, 0.29) is 24.5 Å². The summed E-state index contributed by atoms with van der Waals surface area (Å²) in [6, 6.07) is 7.32. The zero-order valence-corrected chi connectivity index (χ0v) is 12.2. The molecule has 1 aromatic rings. The third-order valence-corrected chi connectivity index (χ3v) is 3.52. The number of carbonyl (C=O) groups is 1. The van der Waals surface area contributed by atoms with Crippen LogP contribution in [0.25, 0.3) is 0 Å². The summed E-state index contributed by atoms with van der Waals surface area (Å²) in [5, 5.41) is 9.25. The molecule has 0 saturated carbocycles. The van der Waals surface area contributed by atoms with Crippen LogP contribution >= 0.6 is 0 Å². The molecule has 20 heavy (non-hydrogen) atoms. The standard InChI is InChI=1S/C16H23NO3/c1-12(2)20-15-7-3-6-14(9-15)16(19)17-8-4-5-13(10-17)11-18/h3,6-7,9,12-13,18H,4-5,8,10-11H2,1-2H3. The van der Waals surface area contributed by atoms with E-state index >= 15 is 0 Å². The minimum atomic E-state index is 0.0253. The van der Waals surface area contributed by atoms with Crippen molar-refractivity contribution in [3.05, 3.63) is 29.8 Å². The number of ether oxygens (including phenoxy) is 1. The fraction of sp³-hybridized carbons (Fsp3) is 0.562. The summed E-state index contributed by atoms with van der Waals surface area (Å²) in [5.41, 5.74) is 0.654. The Morgan fingerprint density at radius 2 is 2.30 bits per heavy atom. The summed E-state index contributed by atoms with van der Waals surface area (Å²) in [6.45, 7) is 5.49. The predicted molar refractivity (Wildman–Crippen MR) is 77.9 cm³/mol. The molecule has 1 fully saturated rings. The van der Waals surface area contributed by atoms with Crippen LogP contribution in [0.4, 0.5) is 0 Å². The molecule has 1 atom stereocenters. The lowest BCUT2D eigenvalue weighted by atomic mass is 9.98. The SMILES string of the molecule is CC(C)Oc1cccc(C(=O)N2CCCC(CO)C2)c1. The molecule has 0 aromatic heterocycles. The Morgan fingerprint density at radius 3 is 3.00 bits per heavy atom. The smallest absolute Gasteiger partial charge is 0.253 e. The lowest BCUT2D eigenvalue weighted by Gasteiger charge is -2.32. The van der Waals surface area contributed by atoms with E-state index in [1.54, 1.807) is 6.07 Å². The van der Waals surface area contributed by atoms with Crippen molar-refractivity contribution < 1.29 is 14.6 Å². The molecular weight excluding hydrogens is 254 g/mol. The Hall–Kier alpha value is -1.55. The van der Waals surface area contributed by atoms with Crippen LogP contribution in [0.1, 0.15) is 37.0 Å². The highest BCUT2D eigenvalue weighted by Gasteiger charge is 2.24. The highest BCUT2D eigenvalue weighted by molar-refractivity contribution is 5.94. The van der Waals surface area contributed by atoms with Crippen LogP contribution in [0.3, 0.4) is 0 Å². The summed E-state index contributed by atoms with van der Waals surface area (Å²) in [7, 11) is 0. The molecule has 1 aromatic carbocycles. The van der Waals surface area contributed by atoms with E-state index in [1.807, 2.05) is 36.9 Å². The number of nitrogens with zero attached hydrogens (tertiary/aromatic N) is 1. The lowest BCUT2D eigenvalue weighted by Crippen LogP contribution is -2.40. The van der Waals surface area contributed by atoms with E-state index in [2.05, 4.69) is 0 Å². The molecule has 1 aliphatic heterocycles. The maximum Gasteiger partial charge on any atom is 0.253 e. The number of hydrogen-bond donors (Lipinski definition) is 1. The molecule has 1 saturated heterocycles. The van der Waals surface area contributed by atoms with Crippen molar-refractivity contribution in [1.29, 1.82) is 0 Å². The second-order valence-corrected chi connectivity index (χ2v) is 5.64. The molecule has 1 heterocycles. The molecule has 2 rings (SSSR count). The molecule has 0 bridgehead atoms. The van der Waals surface area contributed by atoms with Crippen molar-refractivity contribution in [3.63, 3.8) is 0 Å². The molecule has 1 aliphatic rings. The summed E-state index contributed by atoms with van der Waals surface area (Å²) >= 11 is 0. The number of likely N-dealkylation sites (tertiary alicyclic amines) is 1. The summed E-state index contributed by atoms with van der Waals surface area (Å²) in [6.07, 6.45) is 2.05. The minimum Gasteiger partial charge on any atom is -0.491 e. The van der Waals surface area contributed by atoms with Crippen molar-refractivity contribution in [2.24, 2.45) is 5.92 Å². The molecule has 0 radical (unpaired) electrons. The molecule has 4 heteroatoms. The van der Waals surface area contributed by atoms with Crippen LogP contribution in [0, 0.1) is 5.92 Å². The molecule has 110 valence electrons. The van der Waals surface area contributed by atoms with Crippen molar-refractivity contribution in [2.45, 2.75) is 32.8 Å². The number of carbonyl (C=O) groups excluding carboxylic acids is 1. The van der Waals surface area contributed by atoms with Gasteiger partial charge in [-0.15, -0.1) is 0 Å². The molecule has 0 spiro atoms. The Bertz CT molecular complexity index is 459. The lowest BCUT2D eigenvalue weighted by molar-refractivity contribution is 0.0620. The van der Waals surface area contributed by atoms with Crippen molar-refractivity contribution in [2.75, 3.05) is 19.7 Å². The normalized spacial score (nSPS) is 19.2. The second kappa shape index (κ2) is 6.75. The van der Waals surface area contributed by atoms with Crippen molar-refractivity contribution >= 4 is 5.91 Å². The zero-order valence-electron chi connectivity index (χ0n) is 12.2.